The van der Waals surface area contributed by atoms with E-state index in [2.05, 4.69) is 30.3 Å². The number of aryl methyl sites for hydroxylation is 2. The number of nitrogens with zero attached hydrogens (tertiary/aromatic N) is 1. The van der Waals surface area contributed by atoms with Gasteiger partial charge in [0.25, 0.3) is 0 Å². The highest BCUT2D eigenvalue weighted by Gasteiger charge is 2.22. The van der Waals surface area contributed by atoms with Crippen LogP contribution in [0.4, 0.5) is 17.1 Å². The van der Waals surface area contributed by atoms with E-state index in [1.807, 2.05) is 41.3 Å². The minimum atomic E-state index is -0.0105. The van der Waals surface area contributed by atoms with Crippen LogP contribution in [0.2, 0.25) is 0 Å². The average molecular weight is 352 g/mol. The molecule has 0 bridgehead atoms. The van der Waals surface area contributed by atoms with E-state index in [0.29, 0.717) is 0 Å². The summed E-state index contributed by atoms with van der Waals surface area (Å²) in [5, 5.41) is 12.7. The normalized spacial score (nSPS) is 12.6. The number of guanidine groups is 1. The summed E-state index contributed by atoms with van der Waals surface area (Å²) in [6, 6.07) is 22.5. The first-order valence-electron chi connectivity index (χ1n) is 9.10. The molecule has 0 amide bonds. The van der Waals surface area contributed by atoms with E-state index in [1.54, 1.807) is 0 Å². The van der Waals surface area contributed by atoms with Crippen LogP contribution in [0.15, 0.2) is 66.7 Å². The van der Waals surface area contributed by atoms with Gasteiger partial charge in [-0.1, -0.05) is 48.5 Å². The third-order valence-corrected chi connectivity index (χ3v) is 5.51. The third kappa shape index (κ3) is 2.27. The topological polar surface area (TPSA) is 79.1 Å². The Morgan fingerprint density at radius 3 is 2.15 bits per heavy atom. The lowest BCUT2D eigenvalue weighted by atomic mass is 10.0. The van der Waals surface area contributed by atoms with E-state index < -0.39 is 0 Å². The number of nitrogens with one attached hydrogen (secondary N) is 1. The number of nitrogens with two attached hydrogens (primary N) is 2. The predicted molar refractivity (Wildman–Crippen MR) is 114 cm³/mol. The minimum Gasteiger partial charge on any atom is -0.398 e. The molecule has 0 radical (unpaired) electrons. The SMILES string of the molecule is N=C(N)N(c1ccc(N)c2ccccc12)c1ccc2c3c(cccc13)CC2. The summed E-state index contributed by atoms with van der Waals surface area (Å²) < 4.78 is 0. The van der Waals surface area contributed by atoms with Gasteiger partial charge in [-0.15, -0.1) is 0 Å². The number of rotatable bonds is 2. The molecular weight excluding hydrogens is 332 g/mol. The van der Waals surface area contributed by atoms with Crippen molar-refractivity contribution in [3.05, 3.63) is 77.9 Å². The van der Waals surface area contributed by atoms with Crippen LogP contribution < -0.4 is 16.4 Å². The number of benzene rings is 4. The molecule has 4 aromatic rings. The smallest absolute Gasteiger partial charge is 0.197 e. The van der Waals surface area contributed by atoms with Crippen LogP contribution in [0.1, 0.15) is 11.1 Å². The lowest BCUT2D eigenvalue weighted by Crippen LogP contribution is -2.32. The van der Waals surface area contributed by atoms with Crippen molar-refractivity contribution in [1.29, 1.82) is 5.41 Å². The van der Waals surface area contributed by atoms with Gasteiger partial charge >= 0.3 is 0 Å². The van der Waals surface area contributed by atoms with Gasteiger partial charge < -0.3 is 11.5 Å². The fourth-order valence-corrected chi connectivity index (χ4v) is 4.32. The molecule has 0 saturated carbocycles. The van der Waals surface area contributed by atoms with Crippen molar-refractivity contribution in [2.75, 3.05) is 10.6 Å². The molecule has 0 unspecified atom stereocenters. The van der Waals surface area contributed by atoms with Gasteiger partial charge in [0.05, 0.1) is 11.4 Å². The van der Waals surface area contributed by atoms with Gasteiger partial charge in [0.15, 0.2) is 5.96 Å². The molecular formula is C23H20N4. The van der Waals surface area contributed by atoms with E-state index in [9.17, 15) is 0 Å². The lowest BCUT2D eigenvalue weighted by Gasteiger charge is -2.26. The zero-order chi connectivity index (χ0) is 18.5. The second-order valence-corrected chi connectivity index (χ2v) is 7.02. The number of hydrogen-bond acceptors (Lipinski definition) is 2. The first-order valence-corrected chi connectivity index (χ1v) is 9.10. The monoisotopic (exact) mass is 352 g/mol. The van der Waals surface area contributed by atoms with Crippen LogP contribution in [-0.4, -0.2) is 5.96 Å². The molecule has 0 aromatic heterocycles. The minimum absolute atomic E-state index is 0.0105. The highest BCUT2D eigenvalue weighted by atomic mass is 15.2. The zero-order valence-corrected chi connectivity index (χ0v) is 14.9. The summed E-state index contributed by atoms with van der Waals surface area (Å²) in [6.07, 6.45) is 2.14. The molecule has 1 aliphatic carbocycles. The Morgan fingerprint density at radius 1 is 0.741 bits per heavy atom. The molecule has 4 nitrogen and oxygen atoms in total. The lowest BCUT2D eigenvalue weighted by molar-refractivity contribution is 1.02. The van der Waals surface area contributed by atoms with Crippen molar-refractivity contribution >= 4 is 44.6 Å². The van der Waals surface area contributed by atoms with Crippen molar-refractivity contribution in [3.63, 3.8) is 0 Å². The first kappa shape index (κ1) is 15.7. The molecule has 0 saturated heterocycles. The molecule has 132 valence electrons. The van der Waals surface area contributed by atoms with Gasteiger partial charge in [-0.05, 0) is 47.6 Å². The largest absolute Gasteiger partial charge is 0.398 e. The van der Waals surface area contributed by atoms with E-state index in [1.165, 1.54) is 16.5 Å². The van der Waals surface area contributed by atoms with Gasteiger partial charge in [0.1, 0.15) is 0 Å². The number of hydrogen-bond donors (Lipinski definition) is 3. The maximum atomic E-state index is 8.33. The Kier molecular flexibility index (Phi) is 3.34. The van der Waals surface area contributed by atoms with Crippen molar-refractivity contribution in [3.8, 4) is 0 Å². The Balaban J connectivity index is 1.83. The van der Waals surface area contributed by atoms with Crippen molar-refractivity contribution in [2.24, 2.45) is 5.73 Å². The molecule has 0 fully saturated rings. The Labute approximate surface area is 157 Å². The summed E-state index contributed by atoms with van der Waals surface area (Å²) in [5.74, 6) is -0.0105. The predicted octanol–water partition coefficient (Wildman–Crippen LogP) is 4.71. The Bertz CT molecular complexity index is 1220. The molecule has 0 atom stereocenters. The summed E-state index contributed by atoms with van der Waals surface area (Å²) >= 11 is 0. The van der Waals surface area contributed by atoms with Crippen molar-refractivity contribution < 1.29 is 0 Å². The van der Waals surface area contributed by atoms with Crippen LogP contribution in [0.5, 0.6) is 0 Å². The second-order valence-electron chi connectivity index (χ2n) is 7.02. The van der Waals surface area contributed by atoms with Gasteiger partial charge in [0, 0.05) is 21.8 Å². The molecule has 0 spiro atoms. The summed E-state index contributed by atoms with van der Waals surface area (Å²) in [5.41, 5.74) is 17.5. The van der Waals surface area contributed by atoms with Crippen LogP contribution in [0, 0.1) is 5.41 Å². The van der Waals surface area contributed by atoms with Crippen molar-refractivity contribution in [1.82, 2.24) is 0 Å². The molecule has 5 N–H and O–H groups in total. The van der Waals surface area contributed by atoms with Crippen LogP contribution in [-0.2, 0) is 12.8 Å². The van der Waals surface area contributed by atoms with Gasteiger partial charge in [-0.3, -0.25) is 10.3 Å². The molecule has 4 aromatic carbocycles. The van der Waals surface area contributed by atoms with Crippen molar-refractivity contribution in [2.45, 2.75) is 12.8 Å². The zero-order valence-electron chi connectivity index (χ0n) is 14.9. The van der Waals surface area contributed by atoms with Gasteiger partial charge in [-0.25, -0.2) is 0 Å². The summed E-state index contributed by atoms with van der Waals surface area (Å²) in [4.78, 5) is 1.82. The number of anilines is 3. The molecule has 5 rings (SSSR count). The van der Waals surface area contributed by atoms with Crippen LogP contribution >= 0.6 is 0 Å². The fraction of sp³-hybridized carbons (Fsp3) is 0.0870. The molecule has 0 heterocycles. The Morgan fingerprint density at radius 2 is 1.37 bits per heavy atom. The van der Waals surface area contributed by atoms with Crippen LogP contribution in [0.3, 0.4) is 0 Å². The average Bonchev–Trinajstić information content (AvgIpc) is 3.10. The van der Waals surface area contributed by atoms with Gasteiger partial charge in [0.2, 0.25) is 0 Å². The molecule has 0 aliphatic heterocycles. The highest BCUT2D eigenvalue weighted by Crippen LogP contribution is 2.41. The first-order chi connectivity index (χ1) is 13.1. The highest BCUT2D eigenvalue weighted by molar-refractivity contribution is 6.15. The number of nitrogen functional groups attached to an aromatic ring is 1. The maximum absolute atomic E-state index is 8.33. The molecule has 1 aliphatic rings. The summed E-state index contributed by atoms with van der Waals surface area (Å²) in [6.45, 7) is 0. The summed E-state index contributed by atoms with van der Waals surface area (Å²) in [7, 11) is 0. The van der Waals surface area contributed by atoms with E-state index in [-0.39, 0.29) is 5.96 Å². The van der Waals surface area contributed by atoms with E-state index in [0.717, 1.165) is 46.1 Å². The van der Waals surface area contributed by atoms with E-state index in [4.69, 9.17) is 16.9 Å². The molecule has 4 heteroatoms. The quantitative estimate of drug-likeness (QED) is 0.278. The van der Waals surface area contributed by atoms with Gasteiger partial charge in [-0.2, -0.15) is 0 Å². The van der Waals surface area contributed by atoms with E-state index >= 15 is 0 Å². The standard InChI is InChI=1S/C23H20N4/c24-19-11-13-20(17-6-2-1-5-16(17)19)27(23(25)26)21-12-10-15-9-8-14-4-3-7-18(21)22(14)15/h1-7,10-13H,8-9,24H2,(H3,25,26). The van der Waals surface area contributed by atoms with Crippen LogP contribution in [0.25, 0.3) is 21.5 Å². The Hall–Kier alpha value is -3.53. The number of fused-ring (bicyclic) bond motifs is 1. The second kappa shape index (κ2) is 5.74. The third-order valence-electron chi connectivity index (χ3n) is 5.51. The molecule has 27 heavy (non-hydrogen) atoms. The maximum Gasteiger partial charge on any atom is 0.197 e. The fourth-order valence-electron chi connectivity index (χ4n) is 4.32.